The molecule has 0 saturated carbocycles. The van der Waals surface area contributed by atoms with E-state index in [-0.39, 0.29) is 25.5 Å². The molecule has 15 heteroatoms. The highest BCUT2D eigenvalue weighted by molar-refractivity contribution is 7.94. The Morgan fingerprint density at radius 2 is 1.53 bits per heavy atom. The van der Waals surface area contributed by atoms with Crippen molar-refractivity contribution in [2.24, 2.45) is 0 Å². The van der Waals surface area contributed by atoms with E-state index in [0.29, 0.717) is 11.1 Å². The van der Waals surface area contributed by atoms with E-state index >= 15 is 0 Å². The Bertz CT molecular complexity index is 1570. The molecule has 7 nitrogen and oxygen atoms in total. The van der Waals surface area contributed by atoms with Crippen LogP contribution in [0, 0.1) is 0 Å². The van der Waals surface area contributed by atoms with E-state index < -0.39 is 32.2 Å². The maximum atomic E-state index is 13.0. The molecule has 0 bridgehead atoms. The predicted octanol–water partition coefficient (Wildman–Crippen LogP) is 6.63. The highest BCUT2D eigenvalue weighted by atomic mass is 35.5. The van der Waals surface area contributed by atoms with Crippen molar-refractivity contribution in [1.29, 1.82) is 0 Å². The lowest BCUT2D eigenvalue weighted by Gasteiger charge is -2.17. The lowest BCUT2D eigenvalue weighted by atomic mass is 10.1. The fourth-order valence-corrected chi connectivity index (χ4v) is 7.08. The van der Waals surface area contributed by atoms with Crippen LogP contribution in [-0.2, 0) is 20.0 Å². The van der Waals surface area contributed by atoms with E-state index in [4.69, 9.17) is 11.6 Å². The first-order chi connectivity index (χ1) is 16.8. The van der Waals surface area contributed by atoms with Crippen LogP contribution in [0.5, 0.6) is 5.75 Å². The van der Waals surface area contributed by atoms with Crippen LogP contribution in [0.25, 0.3) is 11.1 Å². The van der Waals surface area contributed by atoms with Crippen molar-refractivity contribution in [3.05, 3.63) is 75.8 Å². The highest BCUT2D eigenvalue weighted by Gasteiger charge is 2.31. The van der Waals surface area contributed by atoms with Crippen LogP contribution < -0.4 is 14.2 Å². The molecule has 190 valence electrons. The third-order valence-electron chi connectivity index (χ3n) is 4.56. The molecular formula is C21H14ClF3N2O5S4. The molecule has 0 spiro atoms. The van der Waals surface area contributed by atoms with Crippen molar-refractivity contribution in [2.75, 3.05) is 9.44 Å². The molecule has 0 amide bonds. The maximum absolute atomic E-state index is 13.0. The first-order valence-electron chi connectivity index (χ1n) is 9.65. The molecule has 0 fully saturated rings. The number of alkyl halides is 3. The quantitative estimate of drug-likeness (QED) is 0.238. The van der Waals surface area contributed by atoms with Gasteiger partial charge in [-0.05, 0) is 70.2 Å². The van der Waals surface area contributed by atoms with Gasteiger partial charge in [0.25, 0.3) is 20.0 Å². The third-order valence-corrected chi connectivity index (χ3v) is 9.70. The number of thiophene rings is 2. The summed E-state index contributed by atoms with van der Waals surface area (Å²) in [5.74, 6) is -0.600. The second-order valence-electron chi connectivity index (χ2n) is 7.05. The number of anilines is 2. The van der Waals surface area contributed by atoms with Gasteiger partial charge < -0.3 is 4.74 Å². The van der Waals surface area contributed by atoms with Gasteiger partial charge in [-0.3, -0.25) is 9.44 Å². The number of sulfonamides is 2. The summed E-state index contributed by atoms with van der Waals surface area (Å²) in [5.41, 5.74) is 0.819. The van der Waals surface area contributed by atoms with Crippen LogP contribution in [0.2, 0.25) is 5.02 Å². The fraction of sp³-hybridized carbons (Fsp3) is 0.0476. The van der Waals surface area contributed by atoms with Gasteiger partial charge in [-0.15, -0.1) is 24.5 Å². The molecule has 4 rings (SSSR count). The standard InChI is InChI=1S/C21H14ClF3N2O5S4/c22-17-11-19(27-36(30,31)20-2-1-8-34-20)18(10-16(17)13-7-9-33-12-13)26-35(28,29)15-5-3-14(4-6-15)32-21(23,24)25/h1-12,26-27H. The molecule has 2 aromatic carbocycles. The summed E-state index contributed by atoms with van der Waals surface area (Å²) in [4.78, 5) is -0.379. The third kappa shape index (κ3) is 6.13. The summed E-state index contributed by atoms with van der Waals surface area (Å²) in [5, 5.41) is 5.28. The molecule has 2 N–H and O–H groups in total. The normalized spacial score (nSPS) is 12.3. The van der Waals surface area contributed by atoms with Crippen LogP contribution in [0.4, 0.5) is 24.5 Å². The van der Waals surface area contributed by atoms with Crippen LogP contribution in [0.15, 0.2) is 79.8 Å². The van der Waals surface area contributed by atoms with Gasteiger partial charge >= 0.3 is 6.36 Å². The van der Waals surface area contributed by atoms with Gasteiger partial charge in [0.15, 0.2) is 0 Å². The fourth-order valence-electron chi connectivity index (χ4n) is 3.02. The number of hydrogen-bond acceptors (Lipinski definition) is 7. The van der Waals surface area contributed by atoms with E-state index in [0.717, 1.165) is 35.6 Å². The Morgan fingerprint density at radius 3 is 2.11 bits per heavy atom. The Morgan fingerprint density at radius 1 is 0.861 bits per heavy atom. The van der Waals surface area contributed by atoms with Crippen LogP contribution >= 0.6 is 34.3 Å². The van der Waals surface area contributed by atoms with Gasteiger partial charge in [0.2, 0.25) is 0 Å². The van der Waals surface area contributed by atoms with E-state index in [2.05, 4.69) is 14.2 Å². The van der Waals surface area contributed by atoms with Gasteiger partial charge in [0, 0.05) is 5.56 Å². The van der Waals surface area contributed by atoms with Crippen molar-refractivity contribution in [2.45, 2.75) is 15.5 Å². The lowest BCUT2D eigenvalue weighted by Crippen LogP contribution is -2.18. The minimum atomic E-state index is -4.94. The van der Waals surface area contributed by atoms with Crippen molar-refractivity contribution in [3.8, 4) is 16.9 Å². The smallest absolute Gasteiger partial charge is 0.406 e. The summed E-state index contributed by atoms with van der Waals surface area (Å²) in [6.45, 7) is 0. The van der Waals surface area contributed by atoms with Crippen LogP contribution in [0.3, 0.4) is 0 Å². The predicted molar refractivity (Wildman–Crippen MR) is 134 cm³/mol. The first kappa shape index (κ1) is 26.3. The Kier molecular flexibility index (Phi) is 7.26. The molecule has 0 aliphatic heterocycles. The van der Waals surface area contributed by atoms with Crippen molar-refractivity contribution >= 4 is 65.7 Å². The SMILES string of the molecule is O=S(=O)(Nc1cc(-c2ccsc2)c(Cl)cc1NS(=O)(=O)c1cccs1)c1ccc(OC(F)(F)F)cc1. The molecule has 0 aliphatic rings. The molecule has 0 aliphatic carbocycles. The van der Waals surface area contributed by atoms with Crippen LogP contribution in [0.1, 0.15) is 0 Å². The summed E-state index contributed by atoms with van der Waals surface area (Å²) < 4.78 is 97.3. The van der Waals surface area contributed by atoms with Gasteiger partial charge in [-0.25, -0.2) is 16.8 Å². The molecular weight excluding hydrogens is 581 g/mol. The van der Waals surface area contributed by atoms with E-state index in [1.54, 1.807) is 28.3 Å². The molecule has 2 aromatic heterocycles. The number of ether oxygens (including phenoxy) is 1. The zero-order valence-corrected chi connectivity index (χ0v) is 21.6. The van der Waals surface area contributed by atoms with E-state index in [1.165, 1.54) is 29.5 Å². The molecule has 2 heterocycles. The number of benzene rings is 2. The minimum absolute atomic E-state index is 0.00501. The second kappa shape index (κ2) is 9.94. The van der Waals surface area contributed by atoms with Crippen molar-refractivity contribution < 1.29 is 34.7 Å². The van der Waals surface area contributed by atoms with E-state index in [9.17, 15) is 30.0 Å². The monoisotopic (exact) mass is 594 g/mol. The molecule has 0 unspecified atom stereocenters. The summed E-state index contributed by atoms with van der Waals surface area (Å²) in [6, 6.07) is 10.9. The minimum Gasteiger partial charge on any atom is -0.406 e. The van der Waals surface area contributed by atoms with Gasteiger partial charge in [-0.1, -0.05) is 17.7 Å². The van der Waals surface area contributed by atoms with Crippen molar-refractivity contribution in [1.82, 2.24) is 0 Å². The number of rotatable bonds is 8. The zero-order valence-electron chi connectivity index (χ0n) is 17.6. The maximum Gasteiger partial charge on any atom is 0.573 e. The topological polar surface area (TPSA) is 102 Å². The average molecular weight is 595 g/mol. The van der Waals surface area contributed by atoms with Gasteiger partial charge in [0.05, 0.1) is 21.3 Å². The molecule has 0 atom stereocenters. The Hall–Kier alpha value is -2.78. The largest absolute Gasteiger partial charge is 0.573 e. The number of nitrogens with one attached hydrogen (secondary N) is 2. The molecule has 4 aromatic rings. The summed E-state index contributed by atoms with van der Waals surface area (Å²) in [7, 11) is -8.43. The Balaban J connectivity index is 1.73. The Labute approximate surface area is 217 Å². The summed E-state index contributed by atoms with van der Waals surface area (Å²) >= 11 is 8.73. The molecule has 0 radical (unpaired) electrons. The molecule has 36 heavy (non-hydrogen) atoms. The second-order valence-corrected chi connectivity index (χ2v) is 12.8. The average Bonchev–Trinajstić information content (AvgIpc) is 3.49. The van der Waals surface area contributed by atoms with Crippen LogP contribution in [-0.4, -0.2) is 23.2 Å². The number of halogens is 4. The number of hydrogen-bond donors (Lipinski definition) is 2. The van der Waals surface area contributed by atoms with E-state index in [1.807, 2.05) is 0 Å². The lowest BCUT2D eigenvalue weighted by molar-refractivity contribution is -0.274. The summed E-state index contributed by atoms with van der Waals surface area (Å²) in [6.07, 6.45) is -4.94. The van der Waals surface area contributed by atoms with Gasteiger partial charge in [0.1, 0.15) is 9.96 Å². The van der Waals surface area contributed by atoms with Crippen molar-refractivity contribution in [3.63, 3.8) is 0 Å². The molecule has 0 saturated heterocycles. The zero-order chi connectivity index (χ0) is 26.1. The first-order valence-corrected chi connectivity index (χ1v) is 14.8. The highest BCUT2D eigenvalue weighted by Crippen LogP contribution is 2.39. The van der Waals surface area contributed by atoms with Gasteiger partial charge in [-0.2, -0.15) is 11.3 Å².